The van der Waals surface area contributed by atoms with E-state index in [0.717, 1.165) is 16.7 Å². The Labute approximate surface area is 168 Å². The minimum Gasteiger partial charge on any atom is -0.493 e. The Morgan fingerprint density at radius 1 is 1.36 bits per heavy atom. The fourth-order valence-corrected chi connectivity index (χ4v) is 3.11. The summed E-state index contributed by atoms with van der Waals surface area (Å²) >= 11 is 0.767. The van der Waals surface area contributed by atoms with E-state index in [2.05, 4.69) is 5.92 Å². The summed E-state index contributed by atoms with van der Waals surface area (Å²) in [4.78, 5) is 37.6. The number of thioether (sulfide) groups is 1. The second kappa shape index (κ2) is 9.85. The normalized spacial score (nSPS) is 16.1. The number of benzene rings is 1. The van der Waals surface area contributed by atoms with Gasteiger partial charge in [0.15, 0.2) is 11.5 Å². The number of ether oxygens (including phenoxy) is 3. The maximum atomic E-state index is 12.5. The Balaban J connectivity index is 2.14. The lowest BCUT2D eigenvalue weighted by atomic mass is 10.2. The first-order chi connectivity index (χ1) is 13.4. The monoisotopic (exact) mass is 403 g/mol. The van der Waals surface area contributed by atoms with Crippen molar-refractivity contribution in [2.75, 3.05) is 20.3 Å². The fourth-order valence-electron chi connectivity index (χ4n) is 2.27. The van der Waals surface area contributed by atoms with Gasteiger partial charge in [-0.3, -0.25) is 19.3 Å². The predicted octanol–water partition coefficient (Wildman–Crippen LogP) is 3.09. The van der Waals surface area contributed by atoms with Crippen molar-refractivity contribution < 1.29 is 28.6 Å². The van der Waals surface area contributed by atoms with E-state index < -0.39 is 23.7 Å². The molecule has 28 heavy (non-hydrogen) atoms. The van der Waals surface area contributed by atoms with E-state index in [-0.39, 0.29) is 17.6 Å². The van der Waals surface area contributed by atoms with Gasteiger partial charge in [-0.15, -0.1) is 6.42 Å². The van der Waals surface area contributed by atoms with Crippen LogP contribution in [0.5, 0.6) is 11.5 Å². The summed E-state index contributed by atoms with van der Waals surface area (Å²) in [6.45, 7) is 3.31. The largest absolute Gasteiger partial charge is 0.493 e. The van der Waals surface area contributed by atoms with Gasteiger partial charge in [-0.2, -0.15) is 0 Å². The summed E-state index contributed by atoms with van der Waals surface area (Å²) in [6, 6.07) is 5.03. The Bertz CT molecular complexity index is 842. The van der Waals surface area contributed by atoms with Gasteiger partial charge < -0.3 is 14.2 Å². The molecule has 1 aromatic carbocycles. The summed E-state index contributed by atoms with van der Waals surface area (Å²) in [6.07, 6.45) is 7.11. The van der Waals surface area contributed by atoms with Crippen LogP contribution in [0, 0.1) is 12.3 Å². The van der Waals surface area contributed by atoms with Gasteiger partial charge in [-0.1, -0.05) is 18.9 Å². The quantitative estimate of drug-likeness (QED) is 0.375. The zero-order valence-corrected chi connectivity index (χ0v) is 16.7. The highest BCUT2D eigenvalue weighted by Gasteiger charge is 2.36. The Hall–Kier alpha value is -2.92. The van der Waals surface area contributed by atoms with Gasteiger partial charge in [-0.05, 0) is 48.9 Å². The second-order valence-electron chi connectivity index (χ2n) is 5.88. The zero-order chi connectivity index (χ0) is 20.7. The lowest BCUT2D eigenvalue weighted by Gasteiger charge is -2.14. The third kappa shape index (κ3) is 5.30. The topological polar surface area (TPSA) is 82.1 Å². The van der Waals surface area contributed by atoms with E-state index in [0.29, 0.717) is 23.5 Å². The van der Waals surface area contributed by atoms with Crippen molar-refractivity contribution in [3.8, 4) is 23.8 Å². The third-order valence-corrected chi connectivity index (χ3v) is 4.77. The number of rotatable bonds is 8. The van der Waals surface area contributed by atoms with Crippen molar-refractivity contribution in [2.45, 2.75) is 26.4 Å². The van der Waals surface area contributed by atoms with Gasteiger partial charge >= 0.3 is 5.97 Å². The van der Waals surface area contributed by atoms with Crippen LogP contribution in [0.15, 0.2) is 23.1 Å². The molecule has 1 fully saturated rings. The molecule has 0 saturated carbocycles. The molecule has 0 aliphatic carbocycles. The standard InChI is InChI=1S/C20H21NO6S/c1-5-9-26-15-8-7-14(10-16(15)25-4)11-17-19(23)21(20(24)28-17)12-18(22)27-13(3)6-2/h1,7-8,10-11,13H,6,9,12H2,2-4H3/b17-11-/t13-/m0/s1. The van der Waals surface area contributed by atoms with E-state index in [1.807, 2.05) is 6.92 Å². The summed E-state index contributed by atoms with van der Waals surface area (Å²) in [7, 11) is 1.48. The van der Waals surface area contributed by atoms with Gasteiger partial charge in [0.25, 0.3) is 11.1 Å². The number of nitrogens with zero attached hydrogens (tertiary/aromatic N) is 1. The number of carbonyl (C=O) groups excluding carboxylic acids is 3. The maximum absolute atomic E-state index is 12.5. The molecule has 1 saturated heterocycles. The van der Waals surface area contributed by atoms with Crippen molar-refractivity contribution >= 4 is 35.0 Å². The van der Waals surface area contributed by atoms with Gasteiger partial charge in [0, 0.05) is 0 Å². The van der Waals surface area contributed by atoms with E-state index in [9.17, 15) is 14.4 Å². The molecule has 2 rings (SSSR count). The number of amides is 2. The van der Waals surface area contributed by atoms with Gasteiger partial charge in [0.05, 0.1) is 18.1 Å². The number of terminal acetylenes is 1. The Kier molecular flexibility index (Phi) is 7.52. The first-order valence-electron chi connectivity index (χ1n) is 8.58. The van der Waals surface area contributed by atoms with E-state index in [1.54, 1.807) is 31.2 Å². The predicted molar refractivity (Wildman–Crippen MR) is 106 cm³/mol. The first kappa shape index (κ1) is 21.4. The molecular formula is C20H21NO6S. The molecule has 2 amide bonds. The summed E-state index contributed by atoms with van der Waals surface area (Å²) in [5.41, 5.74) is 0.637. The van der Waals surface area contributed by atoms with Crippen molar-refractivity contribution in [1.29, 1.82) is 0 Å². The number of esters is 1. The van der Waals surface area contributed by atoms with Gasteiger partial charge in [-0.25, -0.2) is 0 Å². The molecule has 1 aromatic rings. The molecule has 7 nitrogen and oxygen atoms in total. The van der Waals surface area contributed by atoms with Crippen LogP contribution < -0.4 is 9.47 Å². The molecule has 0 spiro atoms. The lowest BCUT2D eigenvalue weighted by Crippen LogP contribution is -2.35. The average molecular weight is 403 g/mol. The lowest BCUT2D eigenvalue weighted by molar-refractivity contribution is -0.150. The summed E-state index contributed by atoms with van der Waals surface area (Å²) in [5.74, 6) is 2.13. The highest BCUT2D eigenvalue weighted by molar-refractivity contribution is 8.18. The smallest absolute Gasteiger partial charge is 0.326 e. The van der Waals surface area contributed by atoms with Crippen molar-refractivity contribution in [3.63, 3.8) is 0 Å². The fraction of sp³-hybridized carbons (Fsp3) is 0.350. The zero-order valence-electron chi connectivity index (χ0n) is 15.9. The maximum Gasteiger partial charge on any atom is 0.326 e. The number of imide groups is 1. The molecule has 0 unspecified atom stereocenters. The summed E-state index contributed by atoms with van der Waals surface area (Å²) in [5, 5.41) is -0.515. The molecule has 1 aliphatic rings. The van der Waals surface area contributed by atoms with Crippen LogP contribution in [-0.4, -0.2) is 48.4 Å². The second-order valence-corrected chi connectivity index (χ2v) is 6.87. The van der Waals surface area contributed by atoms with Crippen LogP contribution >= 0.6 is 11.8 Å². The first-order valence-corrected chi connectivity index (χ1v) is 9.40. The molecule has 0 N–H and O–H groups in total. The third-order valence-electron chi connectivity index (χ3n) is 3.86. The van der Waals surface area contributed by atoms with Crippen molar-refractivity contribution in [1.82, 2.24) is 4.90 Å². The van der Waals surface area contributed by atoms with Crippen molar-refractivity contribution in [3.05, 3.63) is 28.7 Å². The highest BCUT2D eigenvalue weighted by atomic mass is 32.2. The van der Waals surface area contributed by atoms with E-state index in [1.165, 1.54) is 7.11 Å². The van der Waals surface area contributed by atoms with Crippen LogP contribution in [0.25, 0.3) is 6.08 Å². The van der Waals surface area contributed by atoms with Crippen LogP contribution in [0.2, 0.25) is 0 Å². The Morgan fingerprint density at radius 2 is 2.11 bits per heavy atom. The molecular weight excluding hydrogens is 382 g/mol. The van der Waals surface area contributed by atoms with Crippen LogP contribution in [-0.2, 0) is 14.3 Å². The molecule has 0 bridgehead atoms. The van der Waals surface area contributed by atoms with Gasteiger partial charge in [0.1, 0.15) is 13.2 Å². The van der Waals surface area contributed by atoms with Crippen LogP contribution in [0.3, 0.4) is 0 Å². The van der Waals surface area contributed by atoms with Crippen molar-refractivity contribution in [2.24, 2.45) is 0 Å². The molecule has 148 valence electrons. The number of methoxy groups -OCH3 is 1. The number of hydrogen-bond donors (Lipinski definition) is 0. The molecule has 1 atom stereocenters. The Morgan fingerprint density at radius 3 is 2.75 bits per heavy atom. The summed E-state index contributed by atoms with van der Waals surface area (Å²) < 4.78 is 15.8. The van der Waals surface area contributed by atoms with E-state index in [4.69, 9.17) is 20.6 Å². The van der Waals surface area contributed by atoms with Gasteiger partial charge in [0.2, 0.25) is 0 Å². The molecule has 0 radical (unpaired) electrons. The minimum absolute atomic E-state index is 0.0986. The molecule has 0 aromatic heterocycles. The van der Waals surface area contributed by atoms with E-state index >= 15 is 0 Å². The minimum atomic E-state index is -0.616. The van der Waals surface area contributed by atoms with Crippen LogP contribution in [0.4, 0.5) is 4.79 Å². The number of carbonyl (C=O) groups is 3. The SMILES string of the molecule is C#CCOc1ccc(/C=C2\SC(=O)N(CC(=O)O[C@@H](C)CC)C2=O)cc1OC. The average Bonchev–Trinajstić information content (AvgIpc) is 2.93. The van der Waals surface area contributed by atoms with Crippen LogP contribution in [0.1, 0.15) is 25.8 Å². The highest BCUT2D eigenvalue weighted by Crippen LogP contribution is 2.34. The molecule has 1 heterocycles. The molecule has 8 heteroatoms. The number of hydrogen-bond acceptors (Lipinski definition) is 7. The molecule has 1 aliphatic heterocycles.